The van der Waals surface area contributed by atoms with E-state index in [-0.39, 0.29) is 5.82 Å². The van der Waals surface area contributed by atoms with Crippen molar-refractivity contribution in [2.24, 2.45) is 5.10 Å². The van der Waals surface area contributed by atoms with Gasteiger partial charge in [0.15, 0.2) is 0 Å². The molecular formula is C19H14BrFN2. The minimum Gasteiger partial charge on any atom is -0.278 e. The minimum absolute atomic E-state index is 0.268. The summed E-state index contributed by atoms with van der Waals surface area (Å²) in [4.78, 5) is 0. The molecule has 0 unspecified atom stereocenters. The second-order valence-corrected chi connectivity index (χ2v) is 5.87. The van der Waals surface area contributed by atoms with Crippen LogP contribution < -0.4 is 5.43 Å². The molecule has 0 aliphatic carbocycles. The van der Waals surface area contributed by atoms with Gasteiger partial charge in [-0.1, -0.05) is 58.4 Å². The predicted octanol–water partition coefficient (Wildman–Crippen LogP) is 5.45. The average Bonchev–Trinajstić information content (AvgIpc) is 2.59. The third-order valence-corrected chi connectivity index (χ3v) is 3.83. The Morgan fingerprint density at radius 3 is 2.04 bits per heavy atom. The van der Waals surface area contributed by atoms with Crippen LogP contribution in [-0.2, 0) is 0 Å². The van der Waals surface area contributed by atoms with Crippen LogP contribution in [0, 0.1) is 5.82 Å². The van der Waals surface area contributed by atoms with Crippen LogP contribution >= 0.6 is 15.9 Å². The van der Waals surface area contributed by atoms with Crippen molar-refractivity contribution in [2.75, 3.05) is 5.43 Å². The Kier molecular flexibility index (Phi) is 4.83. The van der Waals surface area contributed by atoms with Crippen LogP contribution in [-0.4, -0.2) is 5.71 Å². The Labute approximate surface area is 142 Å². The lowest BCUT2D eigenvalue weighted by Gasteiger charge is -2.09. The number of hydrogen-bond donors (Lipinski definition) is 1. The second-order valence-electron chi connectivity index (χ2n) is 4.95. The predicted molar refractivity (Wildman–Crippen MR) is 96.2 cm³/mol. The van der Waals surface area contributed by atoms with Gasteiger partial charge in [0.1, 0.15) is 5.82 Å². The molecule has 0 heterocycles. The molecule has 0 atom stereocenters. The second kappa shape index (κ2) is 7.20. The first kappa shape index (κ1) is 15.4. The van der Waals surface area contributed by atoms with Gasteiger partial charge in [-0.05, 0) is 36.4 Å². The van der Waals surface area contributed by atoms with E-state index in [0.29, 0.717) is 0 Å². The van der Waals surface area contributed by atoms with Crippen LogP contribution in [0.3, 0.4) is 0 Å². The van der Waals surface area contributed by atoms with Crippen molar-refractivity contribution >= 4 is 27.3 Å². The van der Waals surface area contributed by atoms with E-state index >= 15 is 0 Å². The van der Waals surface area contributed by atoms with Crippen LogP contribution in [0.5, 0.6) is 0 Å². The largest absolute Gasteiger partial charge is 0.278 e. The van der Waals surface area contributed by atoms with Crippen molar-refractivity contribution < 1.29 is 4.39 Å². The monoisotopic (exact) mass is 368 g/mol. The summed E-state index contributed by atoms with van der Waals surface area (Å²) in [5, 5.41) is 4.52. The smallest absolute Gasteiger partial charge is 0.123 e. The summed E-state index contributed by atoms with van der Waals surface area (Å²) in [6.45, 7) is 0. The van der Waals surface area contributed by atoms with Gasteiger partial charge in [-0.3, -0.25) is 5.43 Å². The van der Waals surface area contributed by atoms with Crippen molar-refractivity contribution in [1.82, 2.24) is 0 Å². The highest BCUT2D eigenvalue weighted by atomic mass is 79.9. The van der Waals surface area contributed by atoms with Crippen LogP contribution in [0.1, 0.15) is 11.1 Å². The van der Waals surface area contributed by atoms with Gasteiger partial charge in [-0.2, -0.15) is 5.10 Å². The summed E-state index contributed by atoms with van der Waals surface area (Å²) in [5.41, 5.74) is 6.55. The maximum atomic E-state index is 13.0. The van der Waals surface area contributed by atoms with Gasteiger partial charge in [0.05, 0.1) is 11.4 Å². The summed E-state index contributed by atoms with van der Waals surface area (Å²) in [6.07, 6.45) is 0. The van der Waals surface area contributed by atoms with Crippen molar-refractivity contribution in [3.63, 3.8) is 0 Å². The lowest BCUT2D eigenvalue weighted by atomic mass is 10.0. The zero-order valence-corrected chi connectivity index (χ0v) is 13.8. The number of hydrogen-bond acceptors (Lipinski definition) is 2. The molecular weight excluding hydrogens is 355 g/mol. The first-order chi connectivity index (χ1) is 11.2. The number of benzene rings is 3. The standard InChI is InChI=1S/C19H14BrFN2/c20-16-8-6-15(7-9-16)19(14-4-2-1-3-5-14)23-22-18-12-10-17(21)11-13-18/h1-13,22H/b23-19+. The highest BCUT2D eigenvalue weighted by Crippen LogP contribution is 2.16. The van der Waals surface area contributed by atoms with Gasteiger partial charge in [0, 0.05) is 15.6 Å². The molecule has 3 aromatic carbocycles. The molecule has 0 bridgehead atoms. The Bertz CT molecular complexity index is 797. The molecule has 0 aliphatic rings. The van der Waals surface area contributed by atoms with E-state index in [0.717, 1.165) is 27.0 Å². The van der Waals surface area contributed by atoms with Crippen molar-refractivity contribution in [1.29, 1.82) is 0 Å². The van der Waals surface area contributed by atoms with Gasteiger partial charge < -0.3 is 0 Å². The minimum atomic E-state index is -0.268. The van der Waals surface area contributed by atoms with Crippen LogP contribution in [0.2, 0.25) is 0 Å². The quantitative estimate of drug-likeness (QED) is 0.480. The molecule has 0 spiro atoms. The number of nitrogens with one attached hydrogen (secondary N) is 1. The fourth-order valence-corrected chi connectivity index (χ4v) is 2.41. The van der Waals surface area contributed by atoms with Gasteiger partial charge >= 0.3 is 0 Å². The van der Waals surface area contributed by atoms with Gasteiger partial charge in [-0.15, -0.1) is 0 Å². The first-order valence-electron chi connectivity index (χ1n) is 7.13. The Hall–Kier alpha value is -2.46. The van der Waals surface area contributed by atoms with E-state index in [1.807, 2.05) is 54.6 Å². The zero-order valence-electron chi connectivity index (χ0n) is 12.2. The van der Waals surface area contributed by atoms with Crippen molar-refractivity contribution in [3.05, 3.63) is 100 Å². The van der Waals surface area contributed by atoms with Gasteiger partial charge in [-0.25, -0.2) is 4.39 Å². The molecule has 3 rings (SSSR count). The maximum absolute atomic E-state index is 13.0. The summed E-state index contributed by atoms with van der Waals surface area (Å²) < 4.78 is 14.0. The lowest BCUT2D eigenvalue weighted by Crippen LogP contribution is -2.06. The molecule has 0 saturated heterocycles. The fraction of sp³-hybridized carbons (Fsp3) is 0. The highest BCUT2D eigenvalue weighted by Gasteiger charge is 2.07. The molecule has 0 saturated carbocycles. The van der Waals surface area contributed by atoms with E-state index in [2.05, 4.69) is 26.5 Å². The molecule has 2 nitrogen and oxygen atoms in total. The molecule has 4 heteroatoms. The normalized spacial score (nSPS) is 11.3. The first-order valence-corrected chi connectivity index (χ1v) is 7.92. The van der Waals surface area contributed by atoms with E-state index in [1.54, 1.807) is 12.1 Å². The molecule has 0 aliphatic heterocycles. The van der Waals surface area contributed by atoms with E-state index < -0.39 is 0 Å². The van der Waals surface area contributed by atoms with E-state index in [1.165, 1.54) is 12.1 Å². The maximum Gasteiger partial charge on any atom is 0.123 e. The average molecular weight is 369 g/mol. The number of hydrazone groups is 1. The van der Waals surface area contributed by atoms with Gasteiger partial charge in [0.2, 0.25) is 0 Å². The summed E-state index contributed by atoms with van der Waals surface area (Å²) >= 11 is 3.44. The molecule has 0 fully saturated rings. The van der Waals surface area contributed by atoms with Crippen LogP contribution in [0.15, 0.2) is 88.4 Å². The topological polar surface area (TPSA) is 24.4 Å². The molecule has 1 N–H and O–H groups in total. The van der Waals surface area contributed by atoms with Crippen LogP contribution in [0.4, 0.5) is 10.1 Å². The Morgan fingerprint density at radius 2 is 1.39 bits per heavy atom. The third-order valence-electron chi connectivity index (χ3n) is 3.31. The van der Waals surface area contributed by atoms with E-state index in [9.17, 15) is 4.39 Å². The molecule has 0 aromatic heterocycles. The Balaban J connectivity index is 1.96. The van der Waals surface area contributed by atoms with E-state index in [4.69, 9.17) is 0 Å². The Morgan fingerprint density at radius 1 is 0.783 bits per heavy atom. The molecule has 3 aromatic rings. The number of rotatable bonds is 4. The third kappa shape index (κ3) is 4.05. The SMILES string of the molecule is Fc1ccc(N/N=C(\c2ccccc2)c2ccc(Br)cc2)cc1. The summed E-state index contributed by atoms with van der Waals surface area (Å²) in [7, 11) is 0. The van der Waals surface area contributed by atoms with Crippen molar-refractivity contribution in [2.45, 2.75) is 0 Å². The van der Waals surface area contributed by atoms with Crippen LogP contribution in [0.25, 0.3) is 0 Å². The highest BCUT2D eigenvalue weighted by molar-refractivity contribution is 9.10. The molecule has 23 heavy (non-hydrogen) atoms. The fourth-order valence-electron chi connectivity index (χ4n) is 2.14. The van der Waals surface area contributed by atoms with Gasteiger partial charge in [0.25, 0.3) is 0 Å². The number of anilines is 1. The van der Waals surface area contributed by atoms with Crippen molar-refractivity contribution in [3.8, 4) is 0 Å². The molecule has 0 radical (unpaired) electrons. The zero-order chi connectivity index (χ0) is 16.1. The molecule has 114 valence electrons. The number of nitrogens with zero attached hydrogens (tertiary/aromatic N) is 1. The summed E-state index contributed by atoms with van der Waals surface area (Å²) in [6, 6.07) is 24.0. The number of halogens is 2. The lowest BCUT2D eigenvalue weighted by molar-refractivity contribution is 0.628. The molecule has 0 amide bonds. The summed E-state index contributed by atoms with van der Waals surface area (Å²) in [5.74, 6) is -0.268.